The van der Waals surface area contributed by atoms with Gasteiger partial charge in [0.25, 0.3) is 5.91 Å². The highest BCUT2D eigenvalue weighted by atomic mass is 16.6. The topological polar surface area (TPSA) is 134 Å². The highest BCUT2D eigenvalue weighted by Crippen LogP contribution is 2.65. The van der Waals surface area contributed by atoms with Crippen LogP contribution in [0.4, 0.5) is 4.79 Å². The number of ketones is 1. The molecule has 0 radical (unpaired) electrons. The molecule has 0 spiro atoms. The second kappa shape index (κ2) is 13.9. The van der Waals surface area contributed by atoms with Gasteiger partial charge in [-0.05, 0) is 88.4 Å². The third-order valence-corrected chi connectivity index (χ3v) is 9.17. The molecule has 1 saturated carbocycles. The second-order valence-corrected chi connectivity index (χ2v) is 15.2. The molecule has 44 heavy (non-hydrogen) atoms. The quantitative estimate of drug-likeness (QED) is 0.220. The fraction of sp³-hybridized carbons (Fsp3) is 0.735. The lowest BCUT2D eigenvalue weighted by Crippen LogP contribution is -2.60. The number of likely N-dealkylation sites (tertiary alicyclic amines) is 1. The van der Waals surface area contributed by atoms with Gasteiger partial charge in [-0.25, -0.2) is 4.79 Å². The van der Waals surface area contributed by atoms with E-state index in [1.54, 1.807) is 26.8 Å². The highest BCUT2D eigenvalue weighted by Gasteiger charge is 2.70. The molecule has 1 saturated heterocycles. The summed E-state index contributed by atoms with van der Waals surface area (Å²) in [6, 6.07) is -2.84. The average Bonchev–Trinajstić information content (AvgIpc) is 3.24. The first-order valence-electron chi connectivity index (χ1n) is 16.1. The van der Waals surface area contributed by atoms with Gasteiger partial charge in [-0.1, -0.05) is 52.3 Å². The molecule has 3 unspecified atom stereocenters. The molecule has 0 aromatic carbocycles. The summed E-state index contributed by atoms with van der Waals surface area (Å²) in [6.07, 6.45) is 8.86. The number of rotatable bonds is 12. The van der Waals surface area contributed by atoms with Crippen LogP contribution in [0.15, 0.2) is 24.3 Å². The summed E-state index contributed by atoms with van der Waals surface area (Å²) >= 11 is 0. The molecule has 246 valence electrons. The van der Waals surface area contributed by atoms with Crippen LogP contribution in [0.2, 0.25) is 0 Å². The van der Waals surface area contributed by atoms with Crippen LogP contribution in [0.25, 0.3) is 0 Å². The smallest absolute Gasteiger partial charge is 0.408 e. The predicted octanol–water partition coefficient (Wildman–Crippen LogP) is 4.44. The Morgan fingerprint density at radius 3 is 2.34 bits per heavy atom. The number of nitrogens with zero attached hydrogens (tertiary/aromatic N) is 1. The molecule has 3 aliphatic rings. The van der Waals surface area contributed by atoms with Gasteiger partial charge in [0.15, 0.2) is 0 Å². The number of piperidine rings is 1. The SMILES string of the molecule is C=CCCC(NC(=O)[C@@H]1C2C(CN1C(=O)[C@@H](NC(=O)OC(C)(C)C)C(C)(C)C)C2(C)C)C(=O)C(=O)NCCC1=CCCCC1. The standard InChI is InChI=1S/C34H54N4O6/c1-10-11-17-23(26(39)29(41)35-19-18-21-15-13-12-14-16-21)36-28(40)25-24-22(34(24,8)9)20-38(25)30(42)27(32(2,3)4)37-31(43)44-33(5,6)7/h10,15,22-25,27H,1,11-14,16-20H2,2-9H3,(H,35,41)(H,36,40)(H,37,43)/t22?,23?,24?,25-,27+/m0/s1. The minimum atomic E-state index is -1.05. The van der Waals surface area contributed by atoms with E-state index in [4.69, 9.17) is 4.74 Å². The second-order valence-electron chi connectivity index (χ2n) is 15.2. The Balaban J connectivity index is 1.76. The average molecular weight is 615 g/mol. The van der Waals surface area contributed by atoms with Gasteiger partial charge in [0.2, 0.25) is 17.6 Å². The van der Waals surface area contributed by atoms with Gasteiger partial charge in [0.1, 0.15) is 17.7 Å². The minimum absolute atomic E-state index is 0.101. The van der Waals surface area contributed by atoms with Crippen LogP contribution in [-0.4, -0.2) is 71.3 Å². The Morgan fingerprint density at radius 1 is 1.09 bits per heavy atom. The lowest BCUT2D eigenvalue weighted by atomic mass is 9.85. The van der Waals surface area contributed by atoms with Crippen LogP contribution in [0.3, 0.4) is 0 Å². The number of carbonyl (C=O) groups excluding carboxylic acids is 5. The summed E-state index contributed by atoms with van der Waals surface area (Å²) in [5.74, 6) is -2.29. The van der Waals surface area contributed by atoms with Crippen molar-refractivity contribution < 1.29 is 28.7 Å². The molecular weight excluding hydrogens is 560 g/mol. The summed E-state index contributed by atoms with van der Waals surface area (Å²) in [4.78, 5) is 68.4. The van der Waals surface area contributed by atoms with Crippen molar-refractivity contribution in [1.82, 2.24) is 20.9 Å². The molecule has 0 aromatic rings. The fourth-order valence-corrected chi connectivity index (χ4v) is 6.58. The van der Waals surface area contributed by atoms with E-state index in [-0.39, 0.29) is 29.6 Å². The lowest BCUT2D eigenvalue weighted by Gasteiger charge is -2.38. The lowest BCUT2D eigenvalue weighted by molar-refractivity contribution is -0.145. The van der Waals surface area contributed by atoms with E-state index in [1.165, 1.54) is 16.9 Å². The maximum atomic E-state index is 14.1. The first kappa shape index (κ1) is 35.3. The van der Waals surface area contributed by atoms with Crippen molar-refractivity contribution in [3.8, 4) is 0 Å². The van der Waals surface area contributed by atoms with Gasteiger partial charge in [-0.15, -0.1) is 6.58 Å². The molecular formula is C34H54N4O6. The number of nitrogens with one attached hydrogen (secondary N) is 3. The van der Waals surface area contributed by atoms with E-state index < -0.39 is 52.8 Å². The van der Waals surface area contributed by atoms with Gasteiger partial charge < -0.3 is 25.6 Å². The molecule has 2 aliphatic carbocycles. The molecule has 4 amide bonds. The predicted molar refractivity (Wildman–Crippen MR) is 169 cm³/mol. The van der Waals surface area contributed by atoms with E-state index >= 15 is 0 Å². The van der Waals surface area contributed by atoms with Gasteiger partial charge in [0, 0.05) is 13.1 Å². The molecule has 3 N–H and O–H groups in total. The Labute approximate surface area is 263 Å². The maximum Gasteiger partial charge on any atom is 0.408 e. The Hall–Kier alpha value is -3.17. The zero-order chi connectivity index (χ0) is 33.0. The van der Waals surface area contributed by atoms with Crippen LogP contribution in [0.1, 0.15) is 100 Å². The van der Waals surface area contributed by atoms with Crippen molar-refractivity contribution >= 4 is 29.6 Å². The van der Waals surface area contributed by atoms with Gasteiger partial charge in [0.05, 0.1) is 6.04 Å². The number of hydrogen-bond donors (Lipinski definition) is 3. The van der Waals surface area contributed by atoms with Crippen LogP contribution in [0.5, 0.6) is 0 Å². The van der Waals surface area contributed by atoms with Crippen molar-refractivity contribution in [2.24, 2.45) is 22.7 Å². The summed E-state index contributed by atoms with van der Waals surface area (Å²) in [5, 5.41) is 8.30. The molecule has 10 nitrogen and oxygen atoms in total. The van der Waals surface area contributed by atoms with Gasteiger partial charge in [-0.3, -0.25) is 19.2 Å². The van der Waals surface area contributed by atoms with Gasteiger partial charge >= 0.3 is 6.09 Å². The van der Waals surface area contributed by atoms with Crippen LogP contribution >= 0.6 is 0 Å². The Kier molecular flexibility index (Phi) is 11.1. The normalized spacial score (nSPS) is 23.8. The zero-order valence-electron chi connectivity index (χ0n) is 28.0. The van der Waals surface area contributed by atoms with Crippen LogP contribution in [-0.2, 0) is 23.9 Å². The third-order valence-electron chi connectivity index (χ3n) is 9.17. The summed E-state index contributed by atoms with van der Waals surface area (Å²) in [7, 11) is 0. The summed E-state index contributed by atoms with van der Waals surface area (Å²) < 4.78 is 5.43. The number of hydrogen-bond acceptors (Lipinski definition) is 6. The van der Waals surface area contributed by atoms with E-state index in [1.807, 2.05) is 20.8 Å². The van der Waals surface area contributed by atoms with Gasteiger partial charge in [-0.2, -0.15) is 0 Å². The molecule has 0 bridgehead atoms. The third kappa shape index (κ3) is 8.72. The van der Waals surface area contributed by atoms with Crippen molar-refractivity contribution in [1.29, 1.82) is 0 Å². The van der Waals surface area contributed by atoms with Crippen LogP contribution in [0, 0.1) is 22.7 Å². The molecule has 0 aromatic heterocycles. The molecule has 3 rings (SSSR count). The molecule has 2 fully saturated rings. The molecule has 10 heteroatoms. The largest absolute Gasteiger partial charge is 0.444 e. The summed E-state index contributed by atoms with van der Waals surface area (Å²) in [5.41, 5.74) is -0.293. The molecule has 5 atom stereocenters. The number of ether oxygens (including phenoxy) is 1. The van der Waals surface area contributed by atoms with Crippen molar-refractivity contribution in [2.75, 3.05) is 13.1 Å². The number of allylic oxidation sites excluding steroid dienone is 2. The van der Waals surface area contributed by atoms with E-state index in [2.05, 4.69) is 42.5 Å². The monoisotopic (exact) mass is 614 g/mol. The first-order valence-corrected chi connectivity index (χ1v) is 16.1. The zero-order valence-corrected chi connectivity index (χ0v) is 28.0. The number of Topliss-reactive ketones (excluding diaryl/α,β-unsaturated/α-hetero) is 1. The van der Waals surface area contributed by atoms with Crippen molar-refractivity contribution in [3.05, 3.63) is 24.3 Å². The number of fused-ring (bicyclic) bond motifs is 1. The first-order chi connectivity index (χ1) is 20.4. The molecule has 1 heterocycles. The van der Waals surface area contributed by atoms with Crippen molar-refractivity contribution in [3.63, 3.8) is 0 Å². The maximum absolute atomic E-state index is 14.1. The van der Waals surface area contributed by atoms with Crippen LogP contribution < -0.4 is 16.0 Å². The summed E-state index contributed by atoms with van der Waals surface area (Å²) in [6.45, 7) is 19.4. The van der Waals surface area contributed by atoms with E-state index in [0.29, 0.717) is 25.9 Å². The number of carbonyl (C=O) groups is 5. The Morgan fingerprint density at radius 2 is 1.77 bits per heavy atom. The number of alkyl carbamates (subject to hydrolysis) is 1. The molecule has 1 aliphatic heterocycles. The number of amides is 4. The Bertz CT molecular complexity index is 1160. The van der Waals surface area contributed by atoms with Crippen molar-refractivity contribution in [2.45, 2.75) is 124 Å². The fourth-order valence-electron chi connectivity index (χ4n) is 6.58. The minimum Gasteiger partial charge on any atom is -0.444 e. The van der Waals surface area contributed by atoms with E-state index in [9.17, 15) is 24.0 Å². The van der Waals surface area contributed by atoms with E-state index in [0.717, 1.165) is 19.3 Å². The highest BCUT2D eigenvalue weighted by molar-refractivity contribution is 6.38.